The number of ketones is 4. The van der Waals surface area contributed by atoms with Crippen LogP contribution in [0, 0.1) is 11.8 Å². The van der Waals surface area contributed by atoms with Gasteiger partial charge in [0.2, 0.25) is 0 Å². The van der Waals surface area contributed by atoms with Crippen molar-refractivity contribution in [2.75, 3.05) is 0 Å². The summed E-state index contributed by atoms with van der Waals surface area (Å²) >= 11 is 0. The van der Waals surface area contributed by atoms with Crippen molar-refractivity contribution >= 4 is 23.1 Å². The zero-order valence-corrected chi connectivity index (χ0v) is 13.6. The molecule has 2 rings (SSSR count). The van der Waals surface area contributed by atoms with E-state index in [-0.39, 0.29) is 0 Å². The summed E-state index contributed by atoms with van der Waals surface area (Å²) in [7, 11) is 0. The number of Topliss-reactive ketones (excluding diaryl/α,β-unsaturated/α-hetero) is 4. The minimum atomic E-state index is -1.31. The summed E-state index contributed by atoms with van der Waals surface area (Å²) in [5, 5.41) is 0. The van der Waals surface area contributed by atoms with E-state index in [0.29, 0.717) is 11.1 Å². The molecule has 0 heterocycles. The van der Waals surface area contributed by atoms with Gasteiger partial charge in [-0.15, -0.1) is 0 Å². The Labute approximate surface area is 140 Å². The summed E-state index contributed by atoms with van der Waals surface area (Å²) in [5.41, 5.74) is 0.620. The van der Waals surface area contributed by atoms with E-state index in [9.17, 15) is 19.2 Å². The lowest BCUT2D eigenvalue weighted by atomic mass is 9.77. The van der Waals surface area contributed by atoms with E-state index in [2.05, 4.69) is 0 Å². The lowest BCUT2D eigenvalue weighted by Gasteiger charge is -2.21. The normalized spacial score (nSPS) is 12.9. The van der Waals surface area contributed by atoms with Gasteiger partial charge in [-0.1, -0.05) is 60.7 Å². The minimum absolute atomic E-state index is 0.310. The van der Waals surface area contributed by atoms with E-state index < -0.39 is 35.0 Å². The van der Waals surface area contributed by atoms with Crippen molar-refractivity contribution in [1.82, 2.24) is 0 Å². The van der Waals surface area contributed by atoms with Crippen molar-refractivity contribution in [2.45, 2.75) is 13.8 Å². The number of hydrogen-bond donors (Lipinski definition) is 0. The Bertz CT molecular complexity index is 695. The van der Waals surface area contributed by atoms with Gasteiger partial charge in [-0.3, -0.25) is 19.2 Å². The molecule has 0 unspecified atom stereocenters. The van der Waals surface area contributed by atoms with Crippen LogP contribution in [0.4, 0.5) is 0 Å². The second-order valence-electron chi connectivity index (χ2n) is 5.64. The van der Waals surface area contributed by atoms with Crippen molar-refractivity contribution < 1.29 is 19.2 Å². The Kier molecular flexibility index (Phi) is 5.53. The van der Waals surface area contributed by atoms with E-state index in [1.165, 1.54) is 13.8 Å². The Morgan fingerprint density at radius 1 is 0.583 bits per heavy atom. The molecule has 4 nitrogen and oxygen atoms in total. The largest absolute Gasteiger partial charge is 0.299 e. The number of hydrogen-bond acceptors (Lipinski definition) is 4. The summed E-state index contributed by atoms with van der Waals surface area (Å²) in [6, 6.07) is 16.5. The van der Waals surface area contributed by atoms with Gasteiger partial charge in [-0.05, 0) is 13.8 Å². The molecular weight excluding hydrogens is 304 g/mol. The van der Waals surface area contributed by atoms with Crippen LogP contribution in [-0.2, 0) is 9.59 Å². The van der Waals surface area contributed by atoms with Gasteiger partial charge in [0.1, 0.15) is 11.6 Å². The van der Waals surface area contributed by atoms with Crippen molar-refractivity contribution in [2.24, 2.45) is 11.8 Å². The Balaban J connectivity index is 2.46. The maximum Gasteiger partial charge on any atom is 0.174 e. The first-order chi connectivity index (χ1) is 11.4. The van der Waals surface area contributed by atoms with Crippen LogP contribution in [-0.4, -0.2) is 23.1 Å². The molecule has 0 N–H and O–H groups in total. The summed E-state index contributed by atoms with van der Waals surface area (Å²) in [6.45, 7) is 2.47. The molecule has 0 saturated heterocycles. The topological polar surface area (TPSA) is 68.3 Å². The minimum Gasteiger partial charge on any atom is -0.299 e. The SMILES string of the molecule is CC(=O)[C@H](C(=O)c1ccccc1)[C@H](C(C)=O)C(=O)c1ccccc1. The summed E-state index contributed by atoms with van der Waals surface area (Å²) < 4.78 is 0. The number of carbonyl (C=O) groups is 4. The van der Waals surface area contributed by atoms with Crippen LogP contribution in [0.15, 0.2) is 60.7 Å². The van der Waals surface area contributed by atoms with Crippen molar-refractivity contribution in [3.8, 4) is 0 Å². The molecule has 0 saturated carbocycles. The van der Waals surface area contributed by atoms with Crippen LogP contribution >= 0.6 is 0 Å². The fourth-order valence-electron chi connectivity index (χ4n) is 2.71. The van der Waals surface area contributed by atoms with Crippen LogP contribution < -0.4 is 0 Å². The molecule has 0 fully saturated rings. The highest BCUT2D eigenvalue weighted by Crippen LogP contribution is 2.24. The lowest BCUT2D eigenvalue weighted by molar-refractivity contribution is -0.127. The Morgan fingerprint density at radius 2 is 0.875 bits per heavy atom. The predicted octanol–water partition coefficient (Wildman–Crippen LogP) is 3.16. The van der Waals surface area contributed by atoms with Gasteiger partial charge in [0.25, 0.3) is 0 Å². The standard InChI is InChI=1S/C20H18O4/c1-13(21)17(19(23)15-9-5-3-6-10-15)18(14(2)22)20(24)16-11-7-4-8-12-16/h3-12,17-18H,1-2H3/t17-,18-/m0/s1. The second-order valence-corrected chi connectivity index (χ2v) is 5.64. The molecule has 24 heavy (non-hydrogen) atoms. The van der Waals surface area contributed by atoms with Gasteiger partial charge < -0.3 is 0 Å². The molecule has 0 aliphatic rings. The third kappa shape index (κ3) is 3.71. The molecule has 4 heteroatoms. The third-order valence-electron chi connectivity index (χ3n) is 3.89. The summed E-state index contributed by atoms with van der Waals surface area (Å²) in [6.07, 6.45) is 0. The molecule has 122 valence electrons. The van der Waals surface area contributed by atoms with Crippen molar-refractivity contribution in [3.63, 3.8) is 0 Å². The first-order valence-electron chi connectivity index (χ1n) is 7.63. The zero-order chi connectivity index (χ0) is 17.7. The summed E-state index contributed by atoms with van der Waals surface area (Å²) in [5.74, 6) is -4.61. The Hall–Kier alpha value is -2.88. The van der Waals surface area contributed by atoms with E-state index >= 15 is 0 Å². The molecule has 2 atom stereocenters. The van der Waals surface area contributed by atoms with Gasteiger partial charge in [-0.25, -0.2) is 0 Å². The number of carbonyl (C=O) groups excluding carboxylic acids is 4. The highest BCUT2D eigenvalue weighted by molar-refractivity contribution is 6.20. The van der Waals surface area contributed by atoms with E-state index in [4.69, 9.17) is 0 Å². The van der Waals surface area contributed by atoms with Gasteiger partial charge in [0.15, 0.2) is 11.6 Å². The molecule has 2 aromatic rings. The van der Waals surface area contributed by atoms with Crippen LogP contribution in [0.5, 0.6) is 0 Å². The molecule has 0 radical (unpaired) electrons. The lowest BCUT2D eigenvalue weighted by Crippen LogP contribution is -2.39. The Morgan fingerprint density at radius 3 is 1.12 bits per heavy atom. The predicted molar refractivity (Wildman–Crippen MR) is 89.9 cm³/mol. The first-order valence-corrected chi connectivity index (χ1v) is 7.63. The maximum absolute atomic E-state index is 12.7. The second kappa shape index (κ2) is 7.59. The average molecular weight is 322 g/mol. The van der Waals surface area contributed by atoms with E-state index in [0.717, 1.165) is 0 Å². The fourth-order valence-corrected chi connectivity index (χ4v) is 2.71. The van der Waals surface area contributed by atoms with Gasteiger partial charge in [-0.2, -0.15) is 0 Å². The number of benzene rings is 2. The molecule has 0 bridgehead atoms. The van der Waals surface area contributed by atoms with Gasteiger partial charge in [0, 0.05) is 11.1 Å². The highest BCUT2D eigenvalue weighted by Gasteiger charge is 2.40. The first kappa shape index (κ1) is 17.5. The zero-order valence-electron chi connectivity index (χ0n) is 13.6. The molecule has 0 spiro atoms. The highest BCUT2D eigenvalue weighted by atomic mass is 16.2. The molecule has 0 aromatic heterocycles. The van der Waals surface area contributed by atoms with E-state index in [1.807, 2.05) is 0 Å². The van der Waals surface area contributed by atoms with Crippen LogP contribution in [0.3, 0.4) is 0 Å². The molecule has 0 aliphatic heterocycles. The van der Waals surface area contributed by atoms with Crippen molar-refractivity contribution in [1.29, 1.82) is 0 Å². The number of rotatable bonds is 7. The monoisotopic (exact) mass is 322 g/mol. The van der Waals surface area contributed by atoms with Gasteiger partial charge >= 0.3 is 0 Å². The summed E-state index contributed by atoms with van der Waals surface area (Å²) in [4.78, 5) is 49.7. The molecule has 0 aliphatic carbocycles. The van der Waals surface area contributed by atoms with E-state index in [1.54, 1.807) is 60.7 Å². The molecule has 0 amide bonds. The maximum atomic E-state index is 12.7. The smallest absolute Gasteiger partial charge is 0.174 e. The third-order valence-corrected chi connectivity index (χ3v) is 3.89. The van der Waals surface area contributed by atoms with Crippen LogP contribution in [0.2, 0.25) is 0 Å². The molecule has 2 aromatic carbocycles. The molecular formula is C20H18O4. The average Bonchev–Trinajstić information content (AvgIpc) is 2.59. The van der Waals surface area contributed by atoms with Crippen LogP contribution in [0.1, 0.15) is 34.6 Å². The fraction of sp³-hybridized carbons (Fsp3) is 0.200. The van der Waals surface area contributed by atoms with Crippen LogP contribution in [0.25, 0.3) is 0 Å². The van der Waals surface area contributed by atoms with Gasteiger partial charge in [0.05, 0.1) is 11.8 Å². The quantitative estimate of drug-likeness (QED) is 0.580. The van der Waals surface area contributed by atoms with Crippen molar-refractivity contribution in [3.05, 3.63) is 71.8 Å².